The van der Waals surface area contributed by atoms with Gasteiger partial charge in [-0.1, -0.05) is 35.7 Å². The van der Waals surface area contributed by atoms with Gasteiger partial charge in [-0.2, -0.15) is 0 Å². The van der Waals surface area contributed by atoms with E-state index in [9.17, 15) is 0 Å². The average Bonchev–Trinajstić information content (AvgIpc) is 2.55. The summed E-state index contributed by atoms with van der Waals surface area (Å²) in [6.45, 7) is 2.42. The molecule has 0 spiro atoms. The smallest absolute Gasteiger partial charge is 0.00932 e. The molecule has 0 aliphatic heterocycles. The fourth-order valence-corrected chi connectivity index (χ4v) is 4.12. The fraction of sp³-hybridized carbons (Fsp3) is 1.00. The molecule has 0 nitrogen and oxygen atoms in total. The van der Waals surface area contributed by atoms with E-state index in [0.29, 0.717) is 0 Å². The van der Waals surface area contributed by atoms with Gasteiger partial charge in [-0.05, 0) is 36.5 Å². The van der Waals surface area contributed by atoms with Gasteiger partial charge >= 0.3 is 0 Å². The van der Waals surface area contributed by atoms with Crippen LogP contribution in [0.3, 0.4) is 0 Å². The molecule has 2 unspecified atom stereocenters. The molecule has 0 saturated heterocycles. The van der Waals surface area contributed by atoms with E-state index in [0.717, 1.165) is 17.3 Å². The van der Waals surface area contributed by atoms with Crippen LogP contribution in [0, 0.1) is 17.3 Å². The monoisotopic (exact) mass is 216 g/mol. The Morgan fingerprint density at radius 3 is 2.27 bits per heavy atom. The molecule has 2 saturated carbocycles. The van der Waals surface area contributed by atoms with Crippen LogP contribution in [0.2, 0.25) is 0 Å². The van der Waals surface area contributed by atoms with Gasteiger partial charge in [0.1, 0.15) is 0 Å². The van der Waals surface area contributed by atoms with Crippen LogP contribution in [0.25, 0.3) is 0 Å². The predicted molar refractivity (Wildman–Crippen MR) is 52.0 cm³/mol. The minimum atomic E-state index is 0.747. The van der Waals surface area contributed by atoms with Crippen LogP contribution in [0.5, 0.6) is 0 Å². The SMILES string of the molecule is CC1CC1(CBr)C1CCCC1. The summed E-state index contributed by atoms with van der Waals surface area (Å²) in [5.41, 5.74) is 0.747. The number of hydrogen-bond acceptors (Lipinski definition) is 0. The Labute approximate surface area is 77.9 Å². The summed E-state index contributed by atoms with van der Waals surface area (Å²) < 4.78 is 0. The minimum Gasteiger partial charge on any atom is -0.0922 e. The zero-order chi connectivity index (χ0) is 7.90. The lowest BCUT2D eigenvalue weighted by Crippen LogP contribution is -2.16. The van der Waals surface area contributed by atoms with Crippen LogP contribution in [0.15, 0.2) is 0 Å². The van der Waals surface area contributed by atoms with Crippen molar-refractivity contribution in [1.82, 2.24) is 0 Å². The van der Waals surface area contributed by atoms with Crippen LogP contribution in [0.4, 0.5) is 0 Å². The van der Waals surface area contributed by atoms with Crippen molar-refractivity contribution in [2.24, 2.45) is 17.3 Å². The topological polar surface area (TPSA) is 0 Å². The van der Waals surface area contributed by atoms with E-state index in [4.69, 9.17) is 0 Å². The molecule has 2 fully saturated rings. The quantitative estimate of drug-likeness (QED) is 0.620. The summed E-state index contributed by atoms with van der Waals surface area (Å²) in [7, 11) is 0. The Morgan fingerprint density at radius 2 is 1.91 bits per heavy atom. The molecular weight excluding hydrogens is 200 g/mol. The molecule has 2 rings (SSSR count). The maximum atomic E-state index is 3.68. The summed E-state index contributed by atoms with van der Waals surface area (Å²) in [6.07, 6.45) is 7.49. The van der Waals surface area contributed by atoms with E-state index in [1.54, 1.807) is 0 Å². The van der Waals surface area contributed by atoms with Gasteiger partial charge in [0.05, 0.1) is 0 Å². The first-order valence-corrected chi connectivity index (χ1v) is 5.98. The van der Waals surface area contributed by atoms with Gasteiger partial charge in [0.25, 0.3) is 0 Å². The van der Waals surface area contributed by atoms with Crippen molar-refractivity contribution in [3.05, 3.63) is 0 Å². The second kappa shape index (κ2) is 2.76. The van der Waals surface area contributed by atoms with Crippen LogP contribution in [-0.2, 0) is 0 Å². The summed E-state index contributed by atoms with van der Waals surface area (Å²) in [4.78, 5) is 0. The summed E-state index contributed by atoms with van der Waals surface area (Å²) in [6, 6.07) is 0. The fourth-order valence-electron chi connectivity index (χ4n) is 2.88. The normalized spacial score (nSPS) is 44.7. The van der Waals surface area contributed by atoms with E-state index in [2.05, 4.69) is 22.9 Å². The van der Waals surface area contributed by atoms with Crippen LogP contribution in [-0.4, -0.2) is 5.33 Å². The van der Waals surface area contributed by atoms with Crippen LogP contribution >= 0.6 is 15.9 Å². The van der Waals surface area contributed by atoms with Crippen molar-refractivity contribution in [2.75, 3.05) is 5.33 Å². The maximum absolute atomic E-state index is 3.68. The van der Waals surface area contributed by atoms with Crippen molar-refractivity contribution in [3.63, 3.8) is 0 Å². The molecule has 0 aromatic heterocycles. The lowest BCUT2D eigenvalue weighted by molar-refractivity contribution is 0.327. The molecule has 0 aromatic rings. The van der Waals surface area contributed by atoms with E-state index < -0.39 is 0 Å². The third-order valence-corrected chi connectivity index (χ3v) is 4.97. The van der Waals surface area contributed by atoms with Gasteiger partial charge in [0.15, 0.2) is 0 Å². The zero-order valence-corrected chi connectivity index (χ0v) is 8.86. The molecule has 2 atom stereocenters. The first-order chi connectivity index (χ1) is 5.29. The predicted octanol–water partition coefficient (Wildman–Crippen LogP) is 3.60. The summed E-state index contributed by atoms with van der Waals surface area (Å²) >= 11 is 3.68. The highest BCUT2D eigenvalue weighted by atomic mass is 79.9. The summed E-state index contributed by atoms with van der Waals surface area (Å²) in [5.74, 6) is 2.07. The average molecular weight is 217 g/mol. The molecule has 0 N–H and O–H groups in total. The van der Waals surface area contributed by atoms with Crippen molar-refractivity contribution in [3.8, 4) is 0 Å². The van der Waals surface area contributed by atoms with E-state index >= 15 is 0 Å². The van der Waals surface area contributed by atoms with Crippen LogP contribution in [0.1, 0.15) is 39.0 Å². The van der Waals surface area contributed by atoms with E-state index in [1.807, 2.05) is 0 Å². The molecule has 2 aliphatic rings. The Bertz CT molecular complexity index is 145. The second-order valence-electron chi connectivity index (χ2n) is 4.45. The molecule has 64 valence electrons. The molecule has 2 aliphatic carbocycles. The highest BCUT2D eigenvalue weighted by Crippen LogP contribution is 2.62. The Hall–Kier alpha value is 0.480. The third-order valence-electron chi connectivity index (χ3n) is 3.92. The van der Waals surface area contributed by atoms with Gasteiger partial charge in [-0.3, -0.25) is 0 Å². The number of halogens is 1. The lowest BCUT2D eigenvalue weighted by Gasteiger charge is -2.20. The van der Waals surface area contributed by atoms with Gasteiger partial charge < -0.3 is 0 Å². The van der Waals surface area contributed by atoms with E-state index in [-0.39, 0.29) is 0 Å². The first-order valence-electron chi connectivity index (χ1n) is 4.85. The highest BCUT2D eigenvalue weighted by Gasteiger charge is 2.55. The maximum Gasteiger partial charge on any atom is 0.00932 e. The van der Waals surface area contributed by atoms with Gasteiger partial charge in [0.2, 0.25) is 0 Å². The third kappa shape index (κ3) is 1.16. The van der Waals surface area contributed by atoms with Gasteiger partial charge in [-0.15, -0.1) is 0 Å². The van der Waals surface area contributed by atoms with Crippen molar-refractivity contribution in [1.29, 1.82) is 0 Å². The van der Waals surface area contributed by atoms with Crippen molar-refractivity contribution >= 4 is 15.9 Å². The molecule has 1 heteroatoms. The number of alkyl halides is 1. The number of rotatable bonds is 2. The Balaban J connectivity index is 2.01. The zero-order valence-electron chi connectivity index (χ0n) is 7.28. The molecular formula is C10H17Br. The number of hydrogen-bond donors (Lipinski definition) is 0. The largest absolute Gasteiger partial charge is 0.0922 e. The Morgan fingerprint density at radius 1 is 1.36 bits per heavy atom. The van der Waals surface area contributed by atoms with Crippen molar-refractivity contribution in [2.45, 2.75) is 39.0 Å². The molecule has 0 aromatic carbocycles. The van der Waals surface area contributed by atoms with Crippen molar-refractivity contribution < 1.29 is 0 Å². The molecule has 11 heavy (non-hydrogen) atoms. The lowest BCUT2D eigenvalue weighted by atomic mass is 9.87. The molecule has 0 heterocycles. The summed E-state index contributed by atoms with van der Waals surface area (Å²) in [5, 5.41) is 1.26. The highest BCUT2D eigenvalue weighted by molar-refractivity contribution is 9.09. The standard InChI is InChI=1S/C10H17Br/c1-8-6-10(8,7-11)9-4-2-3-5-9/h8-9H,2-7H2,1H3. The first kappa shape index (κ1) is 8.10. The van der Waals surface area contributed by atoms with Gasteiger partial charge in [-0.25, -0.2) is 0 Å². The molecule has 0 bridgehead atoms. The van der Waals surface area contributed by atoms with Crippen LogP contribution < -0.4 is 0 Å². The van der Waals surface area contributed by atoms with E-state index in [1.165, 1.54) is 37.4 Å². The Kier molecular flexibility index (Phi) is 2.03. The molecule has 0 radical (unpaired) electrons. The minimum absolute atomic E-state index is 0.747. The van der Waals surface area contributed by atoms with Gasteiger partial charge in [0, 0.05) is 5.33 Å². The second-order valence-corrected chi connectivity index (χ2v) is 5.01. The molecule has 0 amide bonds.